The summed E-state index contributed by atoms with van der Waals surface area (Å²) in [4.78, 5) is 35.5. The summed E-state index contributed by atoms with van der Waals surface area (Å²) in [6.45, 7) is -0.828. The first-order valence-corrected chi connectivity index (χ1v) is 11.4. The van der Waals surface area contributed by atoms with E-state index in [1.807, 2.05) is 6.07 Å². The zero-order chi connectivity index (χ0) is 27.7. The van der Waals surface area contributed by atoms with Gasteiger partial charge in [-0.2, -0.15) is 0 Å². The number of hydrogen-bond acceptors (Lipinski definition) is 10. The van der Waals surface area contributed by atoms with Crippen molar-refractivity contribution in [2.45, 2.75) is 37.3 Å². The SMILES string of the molecule is O=C(CNC(=O)OCc1ccccc1)NC[C@H]1O[C@@H](O/C(=C/c2ccc([O-])cc2)C(=O)O)[C@H](O)[C@@H](O)[C@H]1O.[K+]. The maximum absolute atomic E-state index is 12.1. The number of carbonyl (C=O) groups excluding carboxylic acids is 2. The molecular weight excluding hydrogens is 543 g/mol. The summed E-state index contributed by atoms with van der Waals surface area (Å²) in [7, 11) is 0. The van der Waals surface area contributed by atoms with Crippen LogP contribution in [0.25, 0.3) is 6.08 Å². The minimum atomic E-state index is -1.83. The van der Waals surface area contributed by atoms with Crippen LogP contribution in [-0.4, -0.2) is 82.2 Å². The maximum atomic E-state index is 12.1. The van der Waals surface area contributed by atoms with Crippen LogP contribution < -0.4 is 67.1 Å². The molecule has 0 saturated carbocycles. The number of carboxylic acid groups (broad SMARTS) is 1. The Balaban J connectivity index is 0.00000533. The van der Waals surface area contributed by atoms with Crippen molar-refractivity contribution in [1.29, 1.82) is 0 Å². The molecular formula is C25H27KN2O11. The Kier molecular flexibility index (Phi) is 13.3. The molecule has 0 aliphatic carbocycles. The summed E-state index contributed by atoms with van der Waals surface area (Å²) in [5, 5.41) is 56.0. The number of aliphatic hydroxyl groups excluding tert-OH is 3. The second-order valence-corrected chi connectivity index (χ2v) is 8.23. The summed E-state index contributed by atoms with van der Waals surface area (Å²) in [6.07, 6.45) is -8.06. The molecule has 1 aliphatic rings. The minimum absolute atomic E-state index is 0. The Labute approximate surface area is 265 Å². The summed E-state index contributed by atoms with van der Waals surface area (Å²) >= 11 is 0. The summed E-state index contributed by atoms with van der Waals surface area (Å²) in [5.74, 6) is -3.16. The van der Waals surface area contributed by atoms with Gasteiger partial charge in [0.15, 0.2) is 0 Å². The van der Waals surface area contributed by atoms with Crippen molar-refractivity contribution in [1.82, 2.24) is 10.6 Å². The van der Waals surface area contributed by atoms with Crippen molar-refractivity contribution in [3.8, 4) is 5.75 Å². The Morgan fingerprint density at radius 2 is 1.62 bits per heavy atom. The molecule has 14 heteroatoms. The summed E-state index contributed by atoms with van der Waals surface area (Å²) in [6, 6.07) is 14.0. The van der Waals surface area contributed by atoms with E-state index in [-0.39, 0.29) is 70.3 Å². The van der Waals surface area contributed by atoms with E-state index >= 15 is 0 Å². The van der Waals surface area contributed by atoms with Gasteiger partial charge in [-0.1, -0.05) is 54.6 Å². The van der Waals surface area contributed by atoms with Gasteiger partial charge in [0.05, 0.1) is 6.54 Å². The van der Waals surface area contributed by atoms with Gasteiger partial charge in [0.1, 0.15) is 31.0 Å². The first-order valence-electron chi connectivity index (χ1n) is 11.4. The molecule has 2 aromatic carbocycles. The van der Waals surface area contributed by atoms with Crippen molar-refractivity contribution in [2.75, 3.05) is 13.1 Å². The fraction of sp³-hybridized carbons (Fsp3) is 0.320. The minimum Gasteiger partial charge on any atom is -0.872 e. The van der Waals surface area contributed by atoms with Crippen molar-refractivity contribution >= 4 is 24.0 Å². The fourth-order valence-electron chi connectivity index (χ4n) is 3.37. The third kappa shape index (κ3) is 10.2. The molecule has 0 aromatic heterocycles. The van der Waals surface area contributed by atoms with Crippen LogP contribution in [0.5, 0.6) is 5.75 Å². The molecule has 2 amide bonds. The topological polar surface area (TPSA) is 207 Å². The average molecular weight is 571 g/mol. The molecule has 1 aliphatic heterocycles. The van der Waals surface area contributed by atoms with Gasteiger partial charge in [0, 0.05) is 6.54 Å². The monoisotopic (exact) mass is 570 g/mol. The van der Waals surface area contributed by atoms with Gasteiger partial charge in [0.25, 0.3) is 0 Å². The molecule has 204 valence electrons. The predicted octanol–water partition coefficient (Wildman–Crippen LogP) is -3.94. The van der Waals surface area contributed by atoms with Crippen LogP contribution >= 0.6 is 0 Å². The van der Waals surface area contributed by atoms with Gasteiger partial charge in [0.2, 0.25) is 18.0 Å². The smallest absolute Gasteiger partial charge is 0.872 e. The number of ether oxygens (including phenoxy) is 3. The van der Waals surface area contributed by atoms with E-state index in [0.29, 0.717) is 5.56 Å². The molecule has 0 unspecified atom stereocenters. The van der Waals surface area contributed by atoms with E-state index in [9.17, 15) is 39.9 Å². The van der Waals surface area contributed by atoms with Crippen LogP contribution in [0, 0.1) is 0 Å². The average Bonchev–Trinajstić information content (AvgIpc) is 2.91. The number of benzene rings is 2. The predicted molar refractivity (Wildman–Crippen MR) is 127 cm³/mol. The van der Waals surface area contributed by atoms with Crippen LogP contribution in [0.3, 0.4) is 0 Å². The number of hydrogen-bond donors (Lipinski definition) is 6. The van der Waals surface area contributed by atoms with E-state index in [2.05, 4.69) is 10.6 Å². The second kappa shape index (κ2) is 15.9. The molecule has 6 N–H and O–H groups in total. The van der Waals surface area contributed by atoms with Crippen molar-refractivity contribution < 1.29 is 106 Å². The molecule has 2 aromatic rings. The van der Waals surface area contributed by atoms with E-state index in [1.54, 1.807) is 24.3 Å². The molecule has 1 fully saturated rings. The number of aliphatic carboxylic acids is 1. The zero-order valence-corrected chi connectivity index (χ0v) is 24.1. The van der Waals surface area contributed by atoms with E-state index < -0.39 is 61.0 Å². The number of amides is 2. The Morgan fingerprint density at radius 1 is 0.949 bits per heavy atom. The molecule has 5 atom stereocenters. The number of carboxylic acids is 1. The number of carbonyl (C=O) groups is 3. The van der Waals surface area contributed by atoms with E-state index in [4.69, 9.17) is 14.2 Å². The quantitative estimate of drug-likeness (QED) is 0.0923. The molecule has 1 saturated heterocycles. The second-order valence-electron chi connectivity index (χ2n) is 8.23. The third-order valence-electron chi connectivity index (χ3n) is 5.41. The molecule has 39 heavy (non-hydrogen) atoms. The third-order valence-corrected chi connectivity index (χ3v) is 5.41. The number of nitrogens with one attached hydrogen (secondary N) is 2. The van der Waals surface area contributed by atoms with Crippen LogP contribution in [-0.2, 0) is 30.4 Å². The van der Waals surface area contributed by atoms with Gasteiger partial charge in [-0.3, -0.25) is 4.79 Å². The first kappa shape index (κ1) is 32.7. The molecule has 0 radical (unpaired) electrons. The summed E-state index contributed by atoms with van der Waals surface area (Å²) in [5.41, 5.74) is 1.07. The maximum Gasteiger partial charge on any atom is 1.00 e. The Hall–Kier alpha value is -2.53. The number of alkyl carbamates (subject to hydrolysis) is 1. The summed E-state index contributed by atoms with van der Waals surface area (Å²) < 4.78 is 15.7. The molecule has 13 nitrogen and oxygen atoms in total. The van der Waals surface area contributed by atoms with Crippen LogP contribution in [0.2, 0.25) is 0 Å². The van der Waals surface area contributed by atoms with Gasteiger partial charge >= 0.3 is 63.4 Å². The molecule has 1 heterocycles. The zero-order valence-electron chi connectivity index (χ0n) is 20.9. The number of aliphatic hydroxyl groups is 3. The van der Waals surface area contributed by atoms with Crippen molar-refractivity contribution in [3.05, 3.63) is 71.5 Å². The van der Waals surface area contributed by atoms with Crippen molar-refractivity contribution in [2.24, 2.45) is 0 Å². The van der Waals surface area contributed by atoms with Crippen LogP contribution in [0.4, 0.5) is 4.79 Å². The normalized spacial score (nSPS) is 22.6. The Bertz CT molecular complexity index is 1130. The van der Waals surface area contributed by atoms with Crippen molar-refractivity contribution in [3.63, 3.8) is 0 Å². The molecule has 0 bridgehead atoms. The molecule has 3 rings (SSSR count). The Morgan fingerprint density at radius 3 is 2.26 bits per heavy atom. The van der Waals surface area contributed by atoms with Crippen LogP contribution in [0.15, 0.2) is 60.4 Å². The van der Waals surface area contributed by atoms with Gasteiger partial charge in [-0.05, 0) is 17.2 Å². The van der Waals surface area contributed by atoms with E-state index in [1.165, 1.54) is 24.3 Å². The van der Waals surface area contributed by atoms with Gasteiger partial charge in [-0.25, -0.2) is 9.59 Å². The van der Waals surface area contributed by atoms with Crippen LogP contribution in [0.1, 0.15) is 11.1 Å². The van der Waals surface area contributed by atoms with Gasteiger partial charge < -0.3 is 50.4 Å². The fourth-order valence-corrected chi connectivity index (χ4v) is 3.37. The standard InChI is InChI=1S/C25H28N2O11.K/c28-16-8-6-14(7-9-16)10-17(23(33)34)37-24-22(32)21(31)20(30)18(38-24)11-26-19(29)12-27-25(35)36-13-15-4-2-1-3-5-15;/h1-10,18,20-22,24,28,30-32H,11-13H2,(H,26,29)(H,27,35)(H,33,34);/q;+1/p-1/b17-10+;/t18-,20+,21+,22-,24-;/m1./s1. The number of rotatable bonds is 10. The first-order chi connectivity index (χ1) is 18.1. The van der Waals surface area contributed by atoms with E-state index in [0.717, 1.165) is 11.6 Å². The largest absolute Gasteiger partial charge is 1.00 e. The van der Waals surface area contributed by atoms with Gasteiger partial charge in [-0.15, -0.1) is 5.75 Å². The molecule has 0 spiro atoms.